The number of benzene rings is 1. The molecule has 0 radical (unpaired) electrons. The molecule has 20 heavy (non-hydrogen) atoms. The van der Waals surface area contributed by atoms with Gasteiger partial charge in [0, 0.05) is 11.2 Å². The van der Waals surface area contributed by atoms with Crippen LogP contribution in [-0.2, 0) is 9.59 Å². The lowest BCUT2D eigenvalue weighted by Gasteiger charge is -2.20. The van der Waals surface area contributed by atoms with Crippen molar-refractivity contribution in [3.05, 3.63) is 34.8 Å². The van der Waals surface area contributed by atoms with Crippen molar-refractivity contribution in [1.29, 1.82) is 0 Å². The molecule has 7 heteroatoms. The quantitative estimate of drug-likeness (QED) is 0.927. The van der Waals surface area contributed by atoms with Gasteiger partial charge in [0.25, 0.3) is 0 Å². The molecule has 0 saturated carbocycles. The van der Waals surface area contributed by atoms with Crippen molar-refractivity contribution in [1.82, 2.24) is 4.90 Å². The van der Waals surface area contributed by atoms with Gasteiger partial charge < -0.3 is 15.0 Å². The Morgan fingerprint density at radius 1 is 1.55 bits per heavy atom. The van der Waals surface area contributed by atoms with E-state index in [9.17, 15) is 9.59 Å². The van der Waals surface area contributed by atoms with Crippen molar-refractivity contribution < 1.29 is 14.3 Å². The molecule has 0 aliphatic carbocycles. The van der Waals surface area contributed by atoms with Crippen molar-refractivity contribution >= 4 is 40.9 Å². The Hall–Kier alpha value is -1.66. The number of hydrogen-bond acceptors (Lipinski definition) is 4. The van der Waals surface area contributed by atoms with Crippen LogP contribution in [0.2, 0.25) is 5.02 Å². The smallest absolute Gasteiger partial charge is 0.244 e. The van der Waals surface area contributed by atoms with E-state index in [0.29, 0.717) is 22.2 Å². The molecule has 106 valence electrons. The van der Waals surface area contributed by atoms with Gasteiger partial charge in [0.1, 0.15) is 12.3 Å². The molecule has 0 aromatic heterocycles. The molecule has 0 saturated heterocycles. The number of carbonyl (C=O) groups excluding carboxylic acids is 2. The second-order valence-electron chi connectivity index (χ2n) is 4.01. The summed E-state index contributed by atoms with van der Waals surface area (Å²) in [7, 11) is 1.51. The van der Waals surface area contributed by atoms with Gasteiger partial charge in [-0.25, -0.2) is 0 Å². The van der Waals surface area contributed by atoms with Crippen LogP contribution in [0.5, 0.6) is 5.75 Å². The second-order valence-corrected chi connectivity index (χ2v) is 5.34. The van der Waals surface area contributed by atoms with Gasteiger partial charge in [0.2, 0.25) is 11.8 Å². The molecule has 0 spiro atoms. The topological polar surface area (TPSA) is 58.6 Å². The van der Waals surface area contributed by atoms with Crippen LogP contribution in [0.4, 0.5) is 5.69 Å². The zero-order valence-electron chi connectivity index (χ0n) is 10.8. The monoisotopic (exact) mass is 312 g/mol. The molecule has 1 aliphatic rings. The first-order valence-corrected chi connectivity index (χ1v) is 7.24. The van der Waals surface area contributed by atoms with E-state index in [1.54, 1.807) is 29.8 Å². The van der Waals surface area contributed by atoms with Gasteiger partial charge in [-0.1, -0.05) is 11.6 Å². The average Bonchev–Trinajstić information content (AvgIpc) is 2.41. The zero-order valence-corrected chi connectivity index (χ0v) is 12.3. The molecular formula is C13H13ClN2O3S. The van der Waals surface area contributed by atoms with Gasteiger partial charge in [-0.05, 0) is 23.6 Å². The summed E-state index contributed by atoms with van der Waals surface area (Å²) in [5.74, 6) is 0.463. The highest BCUT2D eigenvalue weighted by Gasteiger charge is 2.18. The Balaban J connectivity index is 2.04. The molecule has 2 amide bonds. The minimum absolute atomic E-state index is 0.0361. The molecule has 1 aromatic rings. The van der Waals surface area contributed by atoms with Crippen LogP contribution in [0.15, 0.2) is 29.8 Å². The van der Waals surface area contributed by atoms with Crippen LogP contribution in [0, 0.1) is 0 Å². The van der Waals surface area contributed by atoms with E-state index in [2.05, 4.69) is 5.32 Å². The van der Waals surface area contributed by atoms with Gasteiger partial charge in [-0.15, -0.1) is 11.8 Å². The molecule has 0 unspecified atom stereocenters. The molecule has 0 bridgehead atoms. The minimum Gasteiger partial charge on any atom is -0.495 e. The van der Waals surface area contributed by atoms with E-state index in [4.69, 9.17) is 16.3 Å². The number of nitrogens with one attached hydrogen (secondary N) is 1. The van der Waals surface area contributed by atoms with Crippen molar-refractivity contribution in [2.45, 2.75) is 0 Å². The Morgan fingerprint density at radius 3 is 3.05 bits per heavy atom. The number of ether oxygens (including phenoxy) is 1. The summed E-state index contributed by atoms with van der Waals surface area (Å²) >= 11 is 7.29. The fourth-order valence-corrected chi connectivity index (χ4v) is 2.47. The van der Waals surface area contributed by atoms with Crippen LogP contribution in [0.1, 0.15) is 0 Å². The minimum atomic E-state index is -0.310. The van der Waals surface area contributed by atoms with Crippen LogP contribution in [0.3, 0.4) is 0 Å². The van der Waals surface area contributed by atoms with E-state index in [-0.39, 0.29) is 18.4 Å². The Labute approximate surface area is 125 Å². The molecule has 1 aliphatic heterocycles. The summed E-state index contributed by atoms with van der Waals surface area (Å²) < 4.78 is 5.14. The zero-order chi connectivity index (χ0) is 14.5. The SMILES string of the molecule is COc1ccc(Cl)cc1NC(=O)CN1C=CSCC1=O. The third-order valence-corrected chi connectivity index (χ3v) is 3.58. The summed E-state index contributed by atoms with van der Waals surface area (Å²) in [5, 5.41) is 4.97. The predicted molar refractivity (Wildman–Crippen MR) is 79.9 cm³/mol. The standard InChI is InChI=1S/C13H13ClN2O3S/c1-19-11-3-2-9(14)6-10(11)15-12(17)7-16-4-5-20-8-13(16)18/h2-6H,7-8H2,1H3,(H,15,17). The van der Waals surface area contributed by atoms with Gasteiger partial charge in [0.15, 0.2) is 0 Å². The van der Waals surface area contributed by atoms with E-state index >= 15 is 0 Å². The van der Waals surface area contributed by atoms with Crippen LogP contribution in [-0.4, -0.2) is 36.1 Å². The number of methoxy groups -OCH3 is 1. The highest BCUT2D eigenvalue weighted by molar-refractivity contribution is 8.02. The fourth-order valence-electron chi connectivity index (χ4n) is 1.67. The maximum absolute atomic E-state index is 12.0. The maximum Gasteiger partial charge on any atom is 0.244 e. The lowest BCUT2D eigenvalue weighted by Crippen LogP contribution is -2.36. The third kappa shape index (κ3) is 3.68. The lowest BCUT2D eigenvalue weighted by molar-refractivity contribution is -0.129. The molecular weight excluding hydrogens is 300 g/mol. The maximum atomic E-state index is 12.0. The molecule has 2 rings (SSSR count). The van der Waals surface area contributed by atoms with Gasteiger partial charge in [0.05, 0.1) is 18.6 Å². The van der Waals surface area contributed by atoms with Crippen molar-refractivity contribution in [3.8, 4) is 5.75 Å². The molecule has 0 fully saturated rings. The van der Waals surface area contributed by atoms with Crippen molar-refractivity contribution in [2.24, 2.45) is 0 Å². The number of thioether (sulfide) groups is 1. The largest absolute Gasteiger partial charge is 0.495 e. The highest BCUT2D eigenvalue weighted by atomic mass is 35.5. The third-order valence-electron chi connectivity index (χ3n) is 2.61. The first-order valence-electron chi connectivity index (χ1n) is 5.81. The summed E-state index contributed by atoms with van der Waals surface area (Å²) in [5.41, 5.74) is 0.479. The van der Waals surface area contributed by atoms with E-state index in [1.807, 2.05) is 0 Å². The Bertz CT molecular complexity index is 563. The molecule has 1 heterocycles. The number of rotatable bonds is 4. The summed E-state index contributed by atoms with van der Waals surface area (Å²) in [6.07, 6.45) is 1.60. The van der Waals surface area contributed by atoms with Crippen molar-refractivity contribution in [2.75, 3.05) is 24.7 Å². The summed E-state index contributed by atoms with van der Waals surface area (Å²) in [6.45, 7) is -0.0361. The lowest BCUT2D eigenvalue weighted by atomic mass is 10.3. The predicted octanol–water partition coefficient (Wildman–Crippen LogP) is 2.33. The number of anilines is 1. The van der Waals surface area contributed by atoms with Gasteiger partial charge in [-0.2, -0.15) is 0 Å². The Morgan fingerprint density at radius 2 is 2.35 bits per heavy atom. The van der Waals surface area contributed by atoms with Crippen LogP contribution in [0.25, 0.3) is 0 Å². The number of carbonyl (C=O) groups is 2. The van der Waals surface area contributed by atoms with E-state index < -0.39 is 0 Å². The first-order chi connectivity index (χ1) is 9.60. The molecule has 0 atom stereocenters. The molecule has 1 N–H and O–H groups in total. The van der Waals surface area contributed by atoms with Gasteiger partial charge in [-0.3, -0.25) is 9.59 Å². The number of hydrogen-bond donors (Lipinski definition) is 1. The fraction of sp³-hybridized carbons (Fsp3) is 0.231. The average molecular weight is 313 g/mol. The first kappa shape index (κ1) is 14.7. The second kappa shape index (κ2) is 6.67. The molecule has 5 nitrogen and oxygen atoms in total. The number of nitrogens with zero attached hydrogens (tertiary/aromatic N) is 1. The normalized spacial score (nSPS) is 14.3. The molecule has 1 aromatic carbocycles. The highest BCUT2D eigenvalue weighted by Crippen LogP contribution is 2.27. The van der Waals surface area contributed by atoms with Crippen molar-refractivity contribution in [3.63, 3.8) is 0 Å². The van der Waals surface area contributed by atoms with Crippen LogP contribution < -0.4 is 10.1 Å². The Kier molecular flexibility index (Phi) is 4.92. The van der Waals surface area contributed by atoms with Gasteiger partial charge >= 0.3 is 0 Å². The summed E-state index contributed by atoms with van der Waals surface area (Å²) in [4.78, 5) is 24.9. The van der Waals surface area contributed by atoms with E-state index in [0.717, 1.165) is 0 Å². The van der Waals surface area contributed by atoms with E-state index in [1.165, 1.54) is 23.8 Å². The number of halogens is 1. The summed E-state index contributed by atoms with van der Waals surface area (Å²) in [6, 6.07) is 4.94. The van der Waals surface area contributed by atoms with Crippen LogP contribution >= 0.6 is 23.4 Å². The number of amides is 2.